The molecule has 1 atom stereocenters. The number of amides is 2. The second kappa shape index (κ2) is 5.50. The number of fused-ring (bicyclic) bond motifs is 1. The van der Waals surface area contributed by atoms with Gasteiger partial charge in [-0.2, -0.15) is 0 Å². The predicted molar refractivity (Wildman–Crippen MR) is 74.7 cm³/mol. The Hall–Kier alpha value is -2.08. The minimum Gasteiger partial charge on any atom is -0.441 e. The van der Waals surface area contributed by atoms with Crippen LogP contribution in [0.15, 0.2) is 22.6 Å². The van der Waals surface area contributed by atoms with Crippen molar-refractivity contribution in [1.82, 2.24) is 10.3 Å². The highest BCUT2D eigenvalue weighted by atomic mass is 16.5. The Labute approximate surface area is 116 Å². The lowest BCUT2D eigenvalue weighted by molar-refractivity contribution is 0.112. The minimum atomic E-state index is -0.236. The molecule has 6 heteroatoms. The van der Waals surface area contributed by atoms with Gasteiger partial charge in [0.15, 0.2) is 11.5 Å². The van der Waals surface area contributed by atoms with Gasteiger partial charge >= 0.3 is 6.03 Å². The highest BCUT2D eigenvalue weighted by molar-refractivity contribution is 5.91. The molecule has 1 aromatic carbocycles. The molecule has 1 aliphatic heterocycles. The number of aryl methyl sites for hydroxylation is 1. The van der Waals surface area contributed by atoms with E-state index in [0.717, 1.165) is 25.0 Å². The summed E-state index contributed by atoms with van der Waals surface area (Å²) in [5.41, 5.74) is 2.14. The number of hydrogen-bond acceptors (Lipinski definition) is 4. The highest BCUT2D eigenvalue weighted by Crippen LogP contribution is 2.19. The molecular weight excluding hydrogens is 258 g/mol. The first-order valence-corrected chi connectivity index (χ1v) is 6.74. The molecule has 6 nitrogen and oxygen atoms in total. The van der Waals surface area contributed by atoms with Gasteiger partial charge in [-0.3, -0.25) is 0 Å². The van der Waals surface area contributed by atoms with Crippen molar-refractivity contribution in [2.45, 2.75) is 25.9 Å². The fourth-order valence-electron chi connectivity index (χ4n) is 2.31. The molecule has 0 saturated carbocycles. The van der Waals surface area contributed by atoms with Crippen LogP contribution in [-0.2, 0) is 4.74 Å². The molecule has 0 spiro atoms. The third-order valence-electron chi connectivity index (χ3n) is 3.27. The first-order valence-electron chi connectivity index (χ1n) is 6.74. The van der Waals surface area contributed by atoms with Crippen LogP contribution >= 0.6 is 0 Å². The van der Waals surface area contributed by atoms with Crippen LogP contribution in [0.5, 0.6) is 0 Å². The normalized spacial score (nSPS) is 18.4. The van der Waals surface area contributed by atoms with Crippen LogP contribution in [0, 0.1) is 6.92 Å². The van der Waals surface area contributed by atoms with Crippen molar-refractivity contribution in [2.75, 3.05) is 18.5 Å². The van der Waals surface area contributed by atoms with Crippen LogP contribution in [0.2, 0.25) is 0 Å². The maximum atomic E-state index is 11.8. The molecule has 106 valence electrons. The SMILES string of the molecule is Cc1nc2cc(NC(=O)NC[C@@H]3CCCO3)ccc2o1. The van der Waals surface area contributed by atoms with E-state index in [1.54, 1.807) is 25.1 Å². The van der Waals surface area contributed by atoms with E-state index < -0.39 is 0 Å². The number of rotatable bonds is 3. The van der Waals surface area contributed by atoms with Crippen molar-refractivity contribution in [3.05, 3.63) is 24.1 Å². The number of nitrogens with one attached hydrogen (secondary N) is 2. The van der Waals surface area contributed by atoms with Crippen molar-refractivity contribution >= 4 is 22.8 Å². The van der Waals surface area contributed by atoms with Crippen molar-refractivity contribution in [3.63, 3.8) is 0 Å². The summed E-state index contributed by atoms with van der Waals surface area (Å²) in [6.07, 6.45) is 2.21. The molecule has 0 unspecified atom stereocenters. The summed E-state index contributed by atoms with van der Waals surface area (Å²) < 4.78 is 10.8. The monoisotopic (exact) mass is 275 g/mol. The number of aromatic nitrogens is 1. The van der Waals surface area contributed by atoms with Gasteiger partial charge < -0.3 is 19.8 Å². The number of hydrogen-bond donors (Lipinski definition) is 2. The van der Waals surface area contributed by atoms with Crippen molar-refractivity contribution in [1.29, 1.82) is 0 Å². The van der Waals surface area contributed by atoms with Crippen molar-refractivity contribution < 1.29 is 13.9 Å². The number of nitrogens with zero attached hydrogens (tertiary/aromatic N) is 1. The third-order valence-corrected chi connectivity index (χ3v) is 3.27. The van der Waals surface area contributed by atoms with Gasteiger partial charge in [-0.05, 0) is 31.0 Å². The molecule has 2 amide bonds. The molecule has 0 aliphatic carbocycles. The molecule has 20 heavy (non-hydrogen) atoms. The lowest BCUT2D eigenvalue weighted by Gasteiger charge is -2.11. The first kappa shape index (κ1) is 12.9. The van der Waals surface area contributed by atoms with Crippen LogP contribution < -0.4 is 10.6 Å². The maximum absolute atomic E-state index is 11.8. The minimum absolute atomic E-state index is 0.140. The van der Waals surface area contributed by atoms with Crippen LogP contribution in [0.25, 0.3) is 11.1 Å². The third kappa shape index (κ3) is 2.91. The van der Waals surface area contributed by atoms with E-state index in [2.05, 4.69) is 15.6 Å². The zero-order valence-corrected chi connectivity index (χ0v) is 11.3. The molecule has 1 aromatic heterocycles. The number of anilines is 1. The molecule has 0 bridgehead atoms. The molecular formula is C14H17N3O3. The van der Waals surface area contributed by atoms with Gasteiger partial charge in [0.2, 0.25) is 0 Å². The molecule has 1 aliphatic rings. The molecule has 0 radical (unpaired) electrons. The fraction of sp³-hybridized carbons (Fsp3) is 0.429. The lowest BCUT2D eigenvalue weighted by Crippen LogP contribution is -2.34. The zero-order chi connectivity index (χ0) is 13.9. The van der Waals surface area contributed by atoms with Gasteiger partial charge in [-0.15, -0.1) is 0 Å². The smallest absolute Gasteiger partial charge is 0.319 e. The Balaban J connectivity index is 1.58. The quantitative estimate of drug-likeness (QED) is 0.902. The molecule has 2 aromatic rings. The van der Waals surface area contributed by atoms with Crippen molar-refractivity contribution in [2.24, 2.45) is 0 Å². The fourth-order valence-corrected chi connectivity index (χ4v) is 2.31. The number of carbonyl (C=O) groups excluding carboxylic acids is 1. The van der Waals surface area contributed by atoms with Gasteiger partial charge in [0.05, 0.1) is 6.10 Å². The van der Waals surface area contributed by atoms with E-state index >= 15 is 0 Å². The summed E-state index contributed by atoms with van der Waals surface area (Å²) in [6.45, 7) is 3.12. The second-order valence-corrected chi connectivity index (χ2v) is 4.89. The van der Waals surface area contributed by atoms with E-state index in [-0.39, 0.29) is 12.1 Å². The molecule has 2 N–H and O–H groups in total. The highest BCUT2D eigenvalue weighted by Gasteiger charge is 2.16. The lowest BCUT2D eigenvalue weighted by atomic mass is 10.2. The van der Waals surface area contributed by atoms with Crippen molar-refractivity contribution in [3.8, 4) is 0 Å². The standard InChI is InChI=1S/C14H17N3O3/c1-9-16-12-7-10(4-5-13(12)20-9)17-14(18)15-8-11-3-2-6-19-11/h4-5,7,11H,2-3,6,8H2,1H3,(H2,15,17,18)/t11-/m0/s1. The number of carbonyl (C=O) groups is 1. The Morgan fingerprint density at radius 3 is 3.20 bits per heavy atom. The average molecular weight is 275 g/mol. The number of ether oxygens (including phenoxy) is 1. The van der Waals surface area contributed by atoms with Gasteiger partial charge in [0.1, 0.15) is 5.52 Å². The van der Waals surface area contributed by atoms with Crippen LogP contribution in [0.1, 0.15) is 18.7 Å². The van der Waals surface area contributed by atoms with E-state index in [0.29, 0.717) is 23.7 Å². The average Bonchev–Trinajstić information content (AvgIpc) is 3.04. The van der Waals surface area contributed by atoms with E-state index in [9.17, 15) is 4.79 Å². The van der Waals surface area contributed by atoms with Gasteiger partial charge in [0, 0.05) is 25.8 Å². The summed E-state index contributed by atoms with van der Waals surface area (Å²) in [5, 5.41) is 5.59. The Kier molecular flexibility index (Phi) is 3.56. The van der Waals surface area contributed by atoms with E-state index in [1.165, 1.54) is 0 Å². The van der Waals surface area contributed by atoms with E-state index in [4.69, 9.17) is 9.15 Å². The van der Waals surface area contributed by atoms with Gasteiger partial charge in [-0.1, -0.05) is 0 Å². The number of urea groups is 1. The summed E-state index contributed by atoms with van der Waals surface area (Å²) in [6, 6.07) is 5.14. The summed E-state index contributed by atoms with van der Waals surface area (Å²) in [4.78, 5) is 16.0. The largest absolute Gasteiger partial charge is 0.441 e. The van der Waals surface area contributed by atoms with Crippen LogP contribution in [-0.4, -0.2) is 30.3 Å². The van der Waals surface area contributed by atoms with Crippen LogP contribution in [0.3, 0.4) is 0 Å². The maximum Gasteiger partial charge on any atom is 0.319 e. The second-order valence-electron chi connectivity index (χ2n) is 4.89. The van der Waals surface area contributed by atoms with E-state index in [1.807, 2.05) is 0 Å². The Morgan fingerprint density at radius 1 is 1.50 bits per heavy atom. The molecule has 1 saturated heterocycles. The summed E-state index contributed by atoms with van der Waals surface area (Å²) in [5.74, 6) is 0.611. The number of oxazole rings is 1. The Bertz CT molecular complexity index is 617. The van der Waals surface area contributed by atoms with Gasteiger partial charge in [0.25, 0.3) is 0 Å². The van der Waals surface area contributed by atoms with Crippen LogP contribution in [0.4, 0.5) is 10.5 Å². The summed E-state index contributed by atoms with van der Waals surface area (Å²) >= 11 is 0. The predicted octanol–water partition coefficient (Wildman–Crippen LogP) is 2.44. The molecule has 2 heterocycles. The zero-order valence-electron chi connectivity index (χ0n) is 11.3. The Morgan fingerprint density at radius 2 is 2.40 bits per heavy atom. The molecule has 1 fully saturated rings. The number of benzene rings is 1. The van der Waals surface area contributed by atoms with Gasteiger partial charge in [-0.25, -0.2) is 9.78 Å². The topological polar surface area (TPSA) is 76.4 Å². The first-order chi connectivity index (χ1) is 9.70. The molecule has 3 rings (SSSR count). The summed E-state index contributed by atoms with van der Waals surface area (Å²) in [7, 11) is 0.